The summed E-state index contributed by atoms with van der Waals surface area (Å²) >= 11 is 3.45. The number of hydrogen-bond donors (Lipinski definition) is 2. The summed E-state index contributed by atoms with van der Waals surface area (Å²) in [5.41, 5.74) is 1.88. The number of nitrogens with one attached hydrogen (secondary N) is 2. The number of anilines is 1. The van der Waals surface area contributed by atoms with Crippen molar-refractivity contribution >= 4 is 33.4 Å². The Hall–Kier alpha value is -2.14. The molecule has 1 fully saturated rings. The van der Waals surface area contributed by atoms with Gasteiger partial charge in [0, 0.05) is 16.7 Å². The maximum absolute atomic E-state index is 12.6. The third-order valence-corrected chi connectivity index (χ3v) is 5.20. The highest BCUT2D eigenvalue weighted by Gasteiger charge is 2.56. The number of aryl methyl sites for hydroxylation is 1. The molecular formula is C19H19BrN2O2. The van der Waals surface area contributed by atoms with Gasteiger partial charge in [0.15, 0.2) is 0 Å². The van der Waals surface area contributed by atoms with Gasteiger partial charge in [0.25, 0.3) is 0 Å². The van der Waals surface area contributed by atoms with Crippen molar-refractivity contribution in [1.29, 1.82) is 0 Å². The molecule has 124 valence electrons. The van der Waals surface area contributed by atoms with Gasteiger partial charge < -0.3 is 10.6 Å². The molecule has 0 aliphatic heterocycles. The molecule has 0 bridgehead atoms. The fraction of sp³-hybridized carbons (Fsp3) is 0.263. The molecule has 24 heavy (non-hydrogen) atoms. The van der Waals surface area contributed by atoms with Crippen LogP contribution in [-0.2, 0) is 16.1 Å². The van der Waals surface area contributed by atoms with Crippen LogP contribution in [-0.4, -0.2) is 11.8 Å². The van der Waals surface area contributed by atoms with Crippen LogP contribution in [0.5, 0.6) is 0 Å². The SMILES string of the molecule is Cc1ccc(NC(=O)C2(C(=O)NCc3ccccc3)CC2)cc1Br. The molecule has 0 spiro atoms. The van der Waals surface area contributed by atoms with E-state index in [9.17, 15) is 9.59 Å². The monoisotopic (exact) mass is 386 g/mol. The van der Waals surface area contributed by atoms with E-state index in [1.807, 2.05) is 55.5 Å². The van der Waals surface area contributed by atoms with Gasteiger partial charge in [0.05, 0.1) is 0 Å². The first kappa shape index (κ1) is 16.7. The standard InChI is InChI=1S/C19H19BrN2O2/c1-13-7-8-15(11-16(13)20)22-18(24)19(9-10-19)17(23)21-12-14-5-3-2-4-6-14/h2-8,11H,9-10,12H2,1H3,(H,21,23)(H,22,24). The normalized spacial score (nSPS) is 14.8. The highest BCUT2D eigenvalue weighted by molar-refractivity contribution is 9.10. The average Bonchev–Trinajstić information content (AvgIpc) is 3.39. The summed E-state index contributed by atoms with van der Waals surface area (Å²) in [7, 11) is 0. The van der Waals surface area contributed by atoms with E-state index < -0.39 is 5.41 Å². The van der Waals surface area contributed by atoms with Crippen LogP contribution in [0, 0.1) is 12.3 Å². The Bertz CT molecular complexity index is 770. The minimum Gasteiger partial charge on any atom is -0.351 e. The molecule has 1 aliphatic rings. The number of halogens is 1. The summed E-state index contributed by atoms with van der Waals surface area (Å²) in [5, 5.41) is 5.74. The molecule has 4 nitrogen and oxygen atoms in total. The maximum Gasteiger partial charge on any atom is 0.240 e. The molecule has 0 aromatic heterocycles. The van der Waals surface area contributed by atoms with Crippen LogP contribution in [0.15, 0.2) is 53.0 Å². The summed E-state index contributed by atoms with van der Waals surface area (Å²) in [5.74, 6) is -0.432. The number of hydrogen-bond acceptors (Lipinski definition) is 2. The first-order chi connectivity index (χ1) is 11.5. The minimum absolute atomic E-state index is 0.199. The Labute approximate surface area is 149 Å². The van der Waals surface area contributed by atoms with Gasteiger partial charge in [-0.2, -0.15) is 0 Å². The molecule has 0 atom stereocenters. The number of benzene rings is 2. The number of carbonyl (C=O) groups is 2. The van der Waals surface area contributed by atoms with E-state index in [1.54, 1.807) is 0 Å². The predicted octanol–water partition coefficient (Wildman–Crippen LogP) is 3.79. The lowest BCUT2D eigenvalue weighted by Gasteiger charge is -2.16. The lowest BCUT2D eigenvalue weighted by molar-refractivity contribution is -0.134. The maximum atomic E-state index is 12.6. The van der Waals surface area contributed by atoms with Crippen molar-refractivity contribution in [2.45, 2.75) is 26.3 Å². The van der Waals surface area contributed by atoms with Crippen LogP contribution in [0.1, 0.15) is 24.0 Å². The molecule has 0 unspecified atom stereocenters. The number of amides is 2. The van der Waals surface area contributed by atoms with Crippen LogP contribution < -0.4 is 10.6 Å². The Balaban J connectivity index is 1.63. The van der Waals surface area contributed by atoms with Gasteiger partial charge in [-0.15, -0.1) is 0 Å². The van der Waals surface area contributed by atoms with Crippen LogP contribution in [0.25, 0.3) is 0 Å². The van der Waals surface area contributed by atoms with E-state index in [0.29, 0.717) is 25.1 Å². The van der Waals surface area contributed by atoms with Crippen molar-refractivity contribution < 1.29 is 9.59 Å². The summed E-state index contributed by atoms with van der Waals surface area (Å²) in [6, 6.07) is 15.3. The Morgan fingerprint density at radius 3 is 2.42 bits per heavy atom. The molecule has 0 radical (unpaired) electrons. The van der Waals surface area contributed by atoms with Gasteiger partial charge in [-0.1, -0.05) is 52.3 Å². The molecule has 2 aromatic carbocycles. The second kappa shape index (κ2) is 6.77. The second-order valence-corrected chi connectivity index (χ2v) is 7.02. The van der Waals surface area contributed by atoms with Gasteiger partial charge in [-0.25, -0.2) is 0 Å². The van der Waals surface area contributed by atoms with Crippen molar-refractivity contribution in [1.82, 2.24) is 5.32 Å². The largest absolute Gasteiger partial charge is 0.351 e. The molecule has 5 heteroatoms. The van der Waals surface area contributed by atoms with E-state index >= 15 is 0 Å². The van der Waals surface area contributed by atoms with Gasteiger partial charge in [-0.05, 0) is 43.0 Å². The van der Waals surface area contributed by atoms with Crippen LogP contribution >= 0.6 is 15.9 Å². The molecule has 0 saturated heterocycles. The third-order valence-electron chi connectivity index (χ3n) is 4.34. The van der Waals surface area contributed by atoms with Gasteiger partial charge in [0.1, 0.15) is 5.41 Å². The van der Waals surface area contributed by atoms with Crippen LogP contribution in [0.4, 0.5) is 5.69 Å². The van der Waals surface area contributed by atoms with Crippen molar-refractivity contribution in [3.63, 3.8) is 0 Å². The van der Waals surface area contributed by atoms with Crippen molar-refractivity contribution in [2.24, 2.45) is 5.41 Å². The minimum atomic E-state index is -0.924. The fourth-order valence-electron chi connectivity index (χ4n) is 2.55. The van der Waals surface area contributed by atoms with Gasteiger partial charge in [-0.3, -0.25) is 9.59 Å². The zero-order valence-corrected chi connectivity index (χ0v) is 15.0. The number of rotatable bonds is 5. The Kier molecular flexibility index (Phi) is 4.71. The predicted molar refractivity (Wildman–Crippen MR) is 97.5 cm³/mol. The fourth-order valence-corrected chi connectivity index (χ4v) is 2.93. The van der Waals surface area contributed by atoms with E-state index in [0.717, 1.165) is 15.6 Å². The molecule has 1 saturated carbocycles. The molecular weight excluding hydrogens is 368 g/mol. The van der Waals surface area contributed by atoms with E-state index in [4.69, 9.17) is 0 Å². The molecule has 0 heterocycles. The Morgan fingerprint density at radius 1 is 1.08 bits per heavy atom. The van der Waals surface area contributed by atoms with E-state index in [2.05, 4.69) is 26.6 Å². The zero-order chi connectivity index (χ0) is 17.2. The quantitative estimate of drug-likeness (QED) is 0.767. The Morgan fingerprint density at radius 2 is 1.79 bits per heavy atom. The van der Waals surface area contributed by atoms with Gasteiger partial charge >= 0.3 is 0 Å². The summed E-state index contributed by atoms with van der Waals surface area (Å²) < 4.78 is 0.929. The lowest BCUT2D eigenvalue weighted by atomic mass is 10.0. The lowest BCUT2D eigenvalue weighted by Crippen LogP contribution is -2.39. The van der Waals surface area contributed by atoms with Gasteiger partial charge in [0.2, 0.25) is 11.8 Å². The van der Waals surface area contributed by atoms with Crippen molar-refractivity contribution in [3.05, 3.63) is 64.1 Å². The highest BCUT2D eigenvalue weighted by atomic mass is 79.9. The van der Waals surface area contributed by atoms with E-state index in [1.165, 1.54) is 0 Å². The molecule has 2 aromatic rings. The first-order valence-electron chi connectivity index (χ1n) is 7.91. The van der Waals surface area contributed by atoms with Crippen molar-refractivity contribution in [2.75, 3.05) is 5.32 Å². The molecule has 2 amide bonds. The third kappa shape index (κ3) is 3.51. The highest BCUT2D eigenvalue weighted by Crippen LogP contribution is 2.47. The first-order valence-corrected chi connectivity index (χ1v) is 8.70. The second-order valence-electron chi connectivity index (χ2n) is 6.17. The van der Waals surface area contributed by atoms with Crippen molar-refractivity contribution in [3.8, 4) is 0 Å². The average molecular weight is 387 g/mol. The number of carbonyl (C=O) groups excluding carboxylic acids is 2. The summed E-state index contributed by atoms with van der Waals surface area (Å²) in [6.45, 7) is 2.42. The van der Waals surface area contributed by atoms with Crippen LogP contribution in [0.3, 0.4) is 0 Å². The molecule has 3 rings (SSSR count). The topological polar surface area (TPSA) is 58.2 Å². The summed E-state index contributed by atoms with van der Waals surface area (Å²) in [4.78, 5) is 25.0. The molecule has 1 aliphatic carbocycles. The summed E-state index contributed by atoms with van der Waals surface area (Å²) in [6.07, 6.45) is 1.18. The van der Waals surface area contributed by atoms with Crippen LogP contribution in [0.2, 0.25) is 0 Å². The molecule has 2 N–H and O–H groups in total. The zero-order valence-electron chi connectivity index (χ0n) is 13.4. The van der Waals surface area contributed by atoms with E-state index in [-0.39, 0.29) is 11.8 Å². The smallest absolute Gasteiger partial charge is 0.240 e.